The van der Waals surface area contributed by atoms with E-state index in [2.05, 4.69) is 78.9 Å². The largest absolute Gasteiger partial charge is 0.455 e. The summed E-state index contributed by atoms with van der Waals surface area (Å²) < 4.78 is 6.59. The highest BCUT2D eigenvalue weighted by atomic mass is 16.5. The molecule has 0 fully saturated rings. The van der Waals surface area contributed by atoms with Gasteiger partial charge in [-0.3, -0.25) is 0 Å². The van der Waals surface area contributed by atoms with Crippen LogP contribution in [0.1, 0.15) is 27.8 Å². The summed E-state index contributed by atoms with van der Waals surface area (Å²) in [6.07, 6.45) is 0. The van der Waals surface area contributed by atoms with Crippen molar-refractivity contribution in [1.29, 1.82) is 5.26 Å². The first-order valence-corrected chi connectivity index (χ1v) is 16.6. The van der Waals surface area contributed by atoms with Crippen LogP contribution in [-0.4, -0.2) is 15.0 Å². The molecule has 0 N–H and O–H groups in total. The minimum atomic E-state index is -0.765. The van der Waals surface area contributed by atoms with E-state index in [9.17, 15) is 5.26 Å². The number of fused-ring (bicyclic) bond motifs is 11. The van der Waals surface area contributed by atoms with Crippen LogP contribution in [0.2, 0.25) is 0 Å². The van der Waals surface area contributed by atoms with Crippen molar-refractivity contribution in [3.63, 3.8) is 0 Å². The Morgan fingerprint density at radius 3 is 1.78 bits per heavy atom. The molecule has 5 heteroatoms. The van der Waals surface area contributed by atoms with Crippen LogP contribution in [0.5, 0.6) is 11.5 Å². The van der Waals surface area contributed by atoms with Crippen LogP contribution in [0.3, 0.4) is 0 Å². The summed E-state index contributed by atoms with van der Waals surface area (Å²) in [6, 6.07) is 56.1. The van der Waals surface area contributed by atoms with E-state index in [1.165, 1.54) is 0 Å². The highest BCUT2D eigenvalue weighted by Crippen LogP contribution is 2.64. The summed E-state index contributed by atoms with van der Waals surface area (Å²) in [5.74, 6) is 3.13. The van der Waals surface area contributed by atoms with Crippen LogP contribution in [0, 0.1) is 11.3 Å². The van der Waals surface area contributed by atoms with Crippen molar-refractivity contribution >= 4 is 10.8 Å². The van der Waals surface area contributed by atoms with Crippen LogP contribution < -0.4 is 4.74 Å². The quantitative estimate of drug-likeness (QED) is 0.193. The van der Waals surface area contributed by atoms with E-state index in [0.29, 0.717) is 28.8 Å². The van der Waals surface area contributed by atoms with Crippen LogP contribution in [0.15, 0.2) is 158 Å². The molecule has 0 radical (unpaired) electrons. The summed E-state index contributed by atoms with van der Waals surface area (Å²) in [5.41, 5.74) is 9.00. The average molecular weight is 639 g/mol. The number of nitrogens with zero attached hydrogens (tertiary/aromatic N) is 4. The van der Waals surface area contributed by atoms with Gasteiger partial charge >= 0.3 is 0 Å². The van der Waals surface area contributed by atoms with Crippen molar-refractivity contribution in [3.05, 3.63) is 186 Å². The second-order valence-electron chi connectivity index (χ2n) is 12.6. The molecule has 2 aliphatic rings. The lowest BCUT2D eigenvalue weighted by Gasteiger charge is -2.39. The third-order valence-corrected chi connectivity index (χ3v) is 10.0. The summed E-state index contributed by atoms with van der Waals surface area (Å²) in [6.45, 7) is 0. The number of rotatable bonds is 3. The lowest BCUT2D eigenvalue weighted by molar-refractivity contribution is 0.435. The summed E-state index contributed by atoms with van der Waals surface area (Å²) >= 11 is 0. The van der Waals surface area contributed by atoms with Gasteiger partial charge in [0, 0.05) is 27.8 Å². The van der Waals surface area contributed by atoms with Gasteiger partial charge in [-0.15, -0.1) is 0 Å². The van der Waals surface area contributed by atoms with Gasteiger partial charge in [0.2, 0.25) is 0 Å². The maximum atomic E-state index is 10.3. The van der Waals surface area contributed by atoms with Gasteiger partial charge in [0.1, 0.15) is 17.6 Å². The molecular formula is C45H26N4O. The minimum Gasteiger partial charge on any atom is -0.455 e. The molecule has 50 heavy (non-hydrogen) atoms. The lowest BCUT2D eigenvalue weighted by atomic mass is 9.65. The molecule has 1 aliphatic heterocycles. The van der Waals surface area contributed by atoms with Gasteiger partial charge in [-0.05, 0) is 51.2 Å². The number of para-hydroxylation sites is 2. The van der Waals surface area contributed by atoms with E-state index in [4.69, 9.17) is 19.7 Å². The zero-order valence-corrected chi connectivity index (χ0v) is 26.7. The highest BCUT2D eigenvalue weighted by molar-refractivity contribution is 6.10. The van der Waals surface area contributed by atoms with E-state index in [1.54, 1.807) is 0 Å². The third-order valence-electron chi connectivity index (χ3n) is 10.0. The Balaban J connectivity index is 1.36. The Hall–Kier alpha value is -6.90. The summed E-state index contributed by atoms with van der Waals surface area (Å²) in [4.78, 5) is 15.3. The first-order chi connectivity index (χ1) is 24.8. The van der Waals surface area contributed by atoms with Crippen LogP contribution >= 0.6 is 0 Å². The number of hydrogen-bond acceptors (Lipinski definition) is 5. The van der Waals surface area contributed by atoms with E-state index in [1.807, 2.05) is 84.9 Å². The molecule has 1 aliphatic carbocycles. The molecule has 0 bridgehead atoms. The smallest absolute Gasteiger partial charge is 0.164 e. The van der Waals surface area contributed by atoms with Gasteiger partial charge in [-0.1, -0.05) is 140 Å². The van der Waals surface area contributed by atoms with E-state index in [0.717, 1.165) is 66.6 Å². The molecule has 0 amide bonds. The molecule has 2 heterocycles. The second-order valence-corrected chi connectivity index (χ2v) is 12.6. The standard InChI is InChI=1S/C45H26N4O/c46-27-30-18-13-24-37-41(30)50-39-25-12-11-23-36(39)45(37)35-22-10-9-21-33(35)40-32-20-8-7-19-31(32)34(26-38(40)45)44-48-42(28-14-3-1-4-15-28)47-43(49-44)29-16-5-2-6-17-29/h1-26H. The number of hydrogen-bond donors (Lipinski definition) is 0. The molecule has 1 unspecified atom stereocenters. The van der Waals surface area contributed by atoms with Crippen molar-refractivity contribution in [2.75, 3.05) is 0 Å². The Kier molecular flexibility index (Phi) is 6.09. The maximum Gasteiger partial charge on any atom is 0.164 e. The molecule has 8 aromatic rings. The summed E-state index contributed by atoms with van der Waals surface area (Å²) in [5, 5.41) is 12.4. The Labute approximate surface area is 288 Å². The van der Waals surface area contributed by atoms with Gasteiger partial charge in [0.15, 0.2) is 17.5 Å². The average Bonchev–Trinajstić information content (AvgIpc) is 3.48. The monoisotopic (exact) mass is 638 g/mol. The number of ether oxygens (including phenoxy) is 1. The predicted molar refractivity (Wildman–Crippen MR) is 196 cm³/mol. The molecule has 1 spiro atoms. The molecule has 1 atom stereocenters. The first kappa shape index (κ1) is 28.1. The molecule has 0 saturated carbocycles. The van der Waals surface area contributed by atoms with Gasteiger partial charge in [0.25, 0.3) is 0 Å². The fraction of sp³-hybridized carbons (Fsp3) is 0.0222. The molecule has 232 valence electrons. The third kappa shape index (κ3) is 3.90. The molecule has 0 saturated heterocycles. The highest BCUT2D eigenvalue weighted by Gasteiger charge is 2.52. The van der Waals surface area contributed by atoms with Crippen molar-refractivity contribution in [2.45, 2.75) is 5.41 Å². The Bertz CT molecular complexity index is 2640. The number of benzene rings is 7. The lowest BCUT2D eigenvalue weighted by Crippen LogP contribution is -2.32. The Morgan fingerprint density at radius 2 is 1.06 bits per heavy atom. The topological polar surface area (TPSA) is 71.7 Å². The maximum absolute atomic E-state index is 10.3. The van der Waals surface area contributed by atoms with Crippen molar-refractivity contribution < 1.29 is 4.74 Å². The molecule has 7 aromatic carbocycles. The van der Waals surface area contributed by atoms with Gasteiger partial charge in [0.05, 0.1) is 11.0 Å². The van der Waals surface area contributed by atoms with Crippen LogP contribution in [-0.2, 0) is 5.41 Å². The molecular weight excluding hydrogens is 613 g/mol. The van der Waals surface area contributed by atoms with E-state index < -0.39 is 5.41 Å². The molecule has 5 nitrogen and oxygen atoms in total. The molecule has 1 aromatic heterocycles. The molecule has 10 rings (SSSR count). The fourth-order valence-corrected chi connectivity index (χ4v) is 7.98. The zero-order chi connectivity index (χ0) is 33.2. The van der Waals surface area contributed by atoms with E-state index in [-0.39, 0.29) is 0 Å². The summed E-state index contributed by atoms with van der Waals surface area (Å²) in [7, 11) is 0. The fourth-order valence-electron chi connectivity index (χ4n) is 7.98. The van der Waals surface area contributed by atoms with E-state index >= 15 is 0 Å². The van der Waals surface area contributed by atoms with Crippen molar-refractivity contribution in [1.82, 2.24) is 15.0 Å². The van der Waals surface area contributed by atoms with Crippen molar-refractivity contribution in [2.24, 2.45) is 0 Å². The van der Waals surface area contributed by atoms with Gasteiger partial charge < -0.3 is 4.74 Å². The number of nitriles is 1. The van der Waals surface area contributed by atoms with Crippen LogP contribution in [0.4, 0.5) is 0 Å². The van der Waals surface area contributed by atoms with Crippen LogP contribution in [0.25, 0.3) is 56.1 Å². The van der Waals surface area contributed by atoms with Gasteiger partial charge in [-0.25, -0.2) is 15.0 Å². The minimum absolute atomic E-state index is 0.501. The number of aromatic nitrogens is 3. The normalized spacial score (nSPS) is 15.0. The van der Waals surface area contributed by atoms with Crippen molar-refractivity contribution in [3.8, 4) is 62.9 Å². The zero-order valence-electron chi connectivity index (χ0n) is 26.7. The first-order valence-electron chi connectivity index (χ1n) is 16.6. The second kappa shape index (κ2) is 10.8. The Morgan fingerprint density at radius 1 is 0.480 bits per heavy atom. The van der Waals surface area contributed by atoms with Gasteiger partial charge in [-0.2, -0.15) is 5.26 Å². The predicted octanol–water partition coefficient (Wildman–Crippen LogP) is 10.4. The SMILES string of the molecule is N#Cc1cccc2c1Oc1ccccc1C21c2ccccc2-c2c1cc(-c1nc(-c3ccccc3)nc(-c3ccccc3)n1)c1ccccc21.